The maximum absolute atomic E-state index is 5.92. The van der Waals surface area contributed by atoms with E-state index < -0.39 is 0 Å². The molecule has 2 aromatic carbocycles. The average molecular weight is 269 g/mol. The molecule has 0 amide bonds. The molecule has 0 fully saturated rings. The van der Waals surface area contributed by atoms with Gasteiger partial charge in [0.15, 0.2) is 0 Å². The van der Waals surface area contributed by atoms with Gasteiger partial charge in [-0.2, -0.15) is 0 Å². The van der Waals surface area contributed by atoms with Crippen LogP contribution in [-0.4, -0.2) is 12.6 Å². The van der Waals surface area contributed by atoms with Crippen LogP contribution in [0.15, 0.2) is 54.6 Å². The van der Waals surface area contributed by atoms with Crippen LogP contribution in [0.3, 0.4) is 0 Å². The molecule has 0 spiro atoms. The van der Waals surface area contributed by atoms with E-state index in [9.17, 15) is 0 Å². The summed E-state index contributed by atoms with van der Waals surface area (Å²) in [6.07, 6.45) is 0.142. The number of aryl methyl sites for hydroxylation is 1. The standard InChI is InChI=1S/C18H23NO/c1-14-8-7-11-18(12-14)20-15(2)13-19-16(3)17-9-5-4-6-10-17/h4-12,15-16,19H,13H2,1-3H3. The van der Waals surface area contributed by atoms with Crippen molar-refractivity contribution < 1.29 is 4.74 Å². The Labute approximate surface area is 121 Å². The molecular weight excluding hydrogens is 246 g/mol. The van der Waals surface area contributed by atoms with E-state index >= 15 is 0 Å². The summed E-state index contributed by atoms with van der Waals surface area (Å²) in [4.78, 5) is 0. The first-order valence-electron chi connectivity index (χ1n) is 7.17. The van der Waals surface area contributed by atoms with E-state index in [1.54, 1.807) is 0 Å². The lowest BCUT2D eigenvalue weighted by Gasteiger charge is -2.19. The van der Waals surface area contributed by atoms with E-state index in [2.05, 4.69) is 62.5 Å². The Bertz CT molecular complexity index is 524. The lowest BCUT2D eigenvalue weighted by atomic mass is 10.1. The monoisotopic (exact) mass is 269 g/mol. The van der Waals surface area contributed by atoms with Crippen LogP contribution < -0.4 is 10.1 Å². The summed E-state index contributed by atoms with van der Waals surface area (Å²) in [5, 5.41) is 3.51. The zero-order valence-corrected chi connectivity index (χ0v) is 12.5. The summed E-state index contributed by atoms with van der Waals surface area (Å²) in [5.41, 5.74) is 2.52. The van der Waals surface area contributed by atoms with E-state index in [0.29, 0.717) is 6.04 Å². The third-order valence-corrected chi connectivity index (χ3v) is 3.34. The molecule has 0 heterocycles. The predicted octanol–water partition coefficient (Wildman–Crippen LogP) is 4.11. The number of ether oxygens (including phenoxy) is 1. The van der Waals surface area contributed by atoms with Gasteiger partial charge < -0.3 is 10.1 Å². The second-order valence-electron chi connectivity index (χ2n) is 5.29. The van der Waals surface area contributed by atoms with Gasteiger partial charge in [-0.15, -0.1) is 0 Å². The number of nitrogens with one attached hydrogen (secondary N) is 1. The lowest BCUT2D eigenvalue weighted by Crippen LogP contribution is -2.30. The minimum absolute atomic E-state index is 0.142. The Morgan fingerprint density at radius 3 is 2.45 bits per heavy atom. The van der Waals surface area contributed by atoms with Crippen molar-refractivity contribution in [2.24, 2.45) is 0 Å². The highest BCUT2D eigenvalue weighted by Gasteiger charge is 2.08. The Hall–Kier alpha value is -1.80. The molecule has 2 atom stereocenters. The minimum atomic E-state index is 0.142. The second kappa shape index (κ2) is 7.11. The number of hydrogen-bond donors (Lipinski definition) is 1. The molecule has 0 aliphatic carbocycles. The summed E-state index contributed by atoms with van der Waals surface area (Å²) in [5.74, 6) is 0.937. The van der Waals surface area contributed by atoms with Gasteiger partial charge in [0.1, 0.15) is 11.9 Å². The maximum Gasteiger partial charge on any atom is 0.120 e. The van der Waals surface area contributed by atoms with Crippen LogP contribution in [0.5, 0.6) is 5.75 Å². The fourth-order valence-electron chi connectivity index (χ4n) is 2.16. The molecule has 2 heteroatoms. The molecule has 2 rings (SSSR count). The number of benzene rings is 2. The third-order valence-electron chi connectivity index (χ3n) is 3.34. The van der Waals surface area contributed by atoms with E-state index in [4.69, 9.17) is 4.74 Å². The third kappa shape index (κ3) is 4.39. The minimum Gasteiger partial charge on any atom is -0.489 e. The normalized spacial score (nSPS) is 13.8. The van der Waals surface area contributed by atoms with Crippen molar-refractivity contribution in [3.8, 4) is 5.75 Å². The van der Waals surface area contributed by atoms with Crippen molar-refractivity contribution in [1.82, 2.24) is 5.32 Å². The molecule has 0 bridgehead atoms. The van der Waals surface area contributed by atoms with Crippen LogP contribution in [0.4, 0.5) is 0 Å². The lowest BCUT2D eigenvalue weighted by molar-refractivity contribution is 0.212. The fourth-order valence-corrected chi connectivity index (χ4v) is 2.16. The van der Waals surface area contributed by atoms with Crippen molar-refractivity contribution in [3.63, 3.8) is 0 Å². The summed E-state index contributed by atoms with van der Waals surface area (Å²) in [6.45, 7) is 7.17. The number of rotatable bonds is 6. The SMILES string of the molecule is Cc1cccc(OC(C)CNC(C)c2ccccc2)c1. The van der Waals surface area contributed by atoms with Gasteiger partial charge in [0.25, 0.3) is 0 Å². The van der Waals surface area contributed by atoms with Crippen molar-refractivity contribution in [3.05, 3.63) is 65.7 Å². The van der Waals surface area contributed by atoms with Gasteiger partial charge >= 0.3 is 0 Å². The molecule has 0 aromatic heterocycles. The Morgan fingerprint density at radius 1 is 1.00 bits per heavy atom. The first kappa shape index (κ1) is 14.6. The highest BCUT2D eigenvalue weighted by atomic mass is 16.5. The predicted molar refractivity (Wildman–Crippen MR) is 84.1 cm³/mol. The first-order chi connectivity index (χ1) is 9.65. The topological polar surface area (TPSA) is 21.3 Å². The maximum atomic E-state index is 5.92. The zero-order chi connectivity index (χ0) is 14.4. The van der Waals surface area contributed by atoms with Gasteiger partial charge in [-0.3, -0.25) is 0 Å². The van der Waals surface area contributed by atoms with Crippen LogP contribution in [0.25, 0.3) is 0 Å². The highest BCUT2D eigenvalue weighted by molar-refractivity contribution is 5.27. The van der Waals surface area contributed by atoms with Gasteiger partial charge in [-0.05, 0) is 44.0 Å². The zero-order valence-electron chi connectivity index (χ0n) is 12.5. The van der Waals surface area contributed by atoms with Crippen molar-refractivity contribution in [1.29, 1.82) is 0 Å². The summed E-state index contributed by atoms with van der Waals surface area (Å²) < 4.78 is 5.92. The summed E-state index contributed by atoms with van der Waals surface area (Å²) >= 11 is 0. The van der Waals surface area contributed by atoms with Crippen molar-refractivity contribution >= 4 is 0 Å². The second-order valence-corrected chi connectivity index (χ2v) is 5.29. The van der Waals surface area contributed by atoms with E-state index in [1.165, 1.54) is 11.1 Å². The van der Waals surface area contributed by atoms with E-state index in [0.717, 1.165) is 12.3 Å². The van der Waals surface area contributed by atoms with Crippen LogP contribution in [0.1, 0.15) is 31.0 Å². The molecule has 0 radical (unpaired) electrons. The molecule has 106 valence electrons. The molecule has 0 aliphatic heterocycles. The van der Waals surface area contributed by atoms with Crippen LogP contribution in [-0.2, 0) is 0 Å². The first-order valence-corrected chi connectivity index (χ1v) is 7.17. The Kier molecular flexibility index (Phi) is 5.19. The average Bonchev–Trinajstić information content (AvgIpc) is 2.46. The molecule has 0 saturated heterocycles. The Morgan fingerprint density at radius 2 is 1.75 bits per heavy atom. The smallest absolute Gasteiger partial charge is 0.120 e. The van der Waals surface area contributed by atoms with Crippen molar-refractivity contribution in [2.45, 2.75) is 32.9 Å². The number of hydrogen-bond acceptors (Lipinski definition) is 2. The van der Waals surface area contributed by atoms with E-state index in [1.807, 2.05) is 18.2 Å². The van der Waals surface area contributed by atoms with Crippen molar-refractivity contribution in [2.75, 3.05) is 6.54 Å². The largest absolute Gasteiger partial charge is 0.489 e. The molecule has 20 heavy (non-hydrogen) atoms. The van der Waals surface area contributed by atoms with Gasteiger partial charge in [0, 0.05) is 12.6 Å². The summed E-state index contributed by atoms with van der Waals surface area (Å²) in [7, 11) is 0. The van der Waals surface area contributed by atoms with Crippen LogP contribution >= 0.6 is 0 Å². The Balaban J connectivity index is 1.82. The fraction of sp³-hybridized carbons (Fsp3) is 0.333. The van der Waals surface area contributed by atoms with Gasteiger partial charge in [-0.25, -0.2) is 0 Å². The van der Waals surface area contributed by atoms with Crippen LogP contribution in [0.2, 0.25) is 0 Å². The molecule has 0 saturated carbocycles. The molecule has 1 N–H and O–H groups in total. The molecule has 2 aromatic rings. The molecule has 2 nitrogen and oxygen atoms in total. The van der Waals surface area contributed by atoms with Gasteiger partial charge in [0.05, 0.1) is 0 Å². The molecule has 2 unspecified atom stereocenters. The van der Waals surface area contributed by atoms with E-state index in [-0.39, 0.29) is 6.10 Å². The molecular formula is C18H23NO. The van der Waals surface area contributed by atoms with Crippen LogP contribution in [0, 0.1) is 6.92 Å². The molecule has 0 aliphatic rings. The van der Waals surface area contributed by atoms with Gasteiger partial charge in [-0.1, -0.05) is 42.5 Å². The highest BCUT2D eigenvalue weighted by Crippen LogP contribution is 2.15. The quantitative estimate of drug-likeness (QED) is 0.852. The summed E-state index contributed by atoms with van der Waals surface area (Å²) in [6, 6.07) is 19.0. The van der Waals surface area contributed by atoms with Gasteiger partial charge in [0.2, 0.25) is 0 Å².